The molecule has 1 aliphatic heterocycles. The van der Waals surface area contributed by atoms with Crippen LogP contribution in [0.4, 0.5) is 11.4 Å². The van der Waals surface area contributed by atoms with Crippen molar-refractivity contribution in [3.63, 3.8) is 0 Å². The number of nitrogens with one attached hydrogen (secondary N) is 2. The lowest BCUT2D eigenvalue weighted by molar-refractivity contribution is -0.119. The van der Waals surface area contributed by atoms with E-state index in [9.17, 15) is 4.79 Å². The summed E-state index contributed by atoms with van der Waals surface area (Å²) in [4.78, 5) is 17.5. The van der Waals surface area contributed by atoms with Crippen LogP contribution >= 0.6 is 0 Å². The van der Waals surface area contributed by atoms with Gasteiger partial charge in [0.25, 0.3) is 0 Å². The van der Waals surface area contributed by atoms with Crippen LogP contribution in [0.5, 0.6) is 0 Å². The monoisotopic (exact) mass is 262 g/mol. The maximum atomic E-state index is 10.9. The minimum absolute atomic E-state index is 0.0633. The Morgan fingerprint density at radius 1 is 1.42 bits per heavy atom. The molecule has 2 rings (SSSR count). The van der Waals surface area contributed by atoms with Gasteiger partial charge >= 0.3 is 0 Å². The minimum Gasteiger partial charge on any atom is -0.387 e. The van der Waals surface area contributed by atoms with Crippen molar-refractivity contribution in [2.45, 2.75) is 19.8 Å². The number of piperidine rings is 1. The summed E-state index contributed by atoms with van der Waals surface area (Å²) in [6.45, 7) is 4.43. The zero-order valence-electron chi connectivity index (χ0n) is 11.6. The van der Waals surface area contributed by atoms with Crippen LogP contribution in [-0.2, 0) is 4.79 Å². The minimum atomic E-state index is 0.0633. The summed E-state index contributed by atoms with van der Waals surface area (Å²) in [5, 5.41) is 6.02. The highest BCUT2D eigenvalue weighted by Gasteiger charge is 2.19. The Hall–Kier alpha value is -1.78. The lowest BCUT2D eigenvalue weighted by Crippen LogP contribution is -2.38. The molecule has 1 aromatic heterocycles. The summed E-state index contributed by atoms with van der Waals surface area (Å²) in [5.41, 5.74) is 2.21. The van der Waals surface area contributed by atoms with Crippen LogP contribution in [0, 0.1) is 5.92 Å². The normalized spacial score (nSPS) is 16.2. The van der Waals surface area contributed by atoms with Gasteiger partial charge in [0.1, 0.15) is 0 Å². The number of anilines is 2. The van der Waals surface area contributed by atoms with Crippen molar-refractivity contribution in [3.05, 3.63) is 18.5 Å². The number of hydrogen-bond donors (Lipinski definition) is 2. The third-order valence-electron chi connectivity index (χ3n) is 3.63. The first-order chi connectivity index (χ1) is 9.19. The van der Waals surface area contributed by atoms with Crippen LogP contribution in [0.3, 0.4) is 0 Å². The average molecular weight is 262 g/mol. The Kier molecular flexibility index (Phi) is 4.60. The molecular weight excluding hydrogens is 240 g/mol. The molecule has 1 aromatic rings. The van der Waals surface area contributed by atoms with Gasteiger partial charge in [-0.1, -0.05) is 0 Å². The van der Waals surface area contributed by atoms with E-state index in [1.54, 1.807) is 6.92 Å². The summed E-state index contributed by atoms with van der Waals surface area (Å²) in [6, 6.07) is 2.13. The number of carbonyl (C=O) groups excluding carboxylic acids is 1. The number of carbonyl (C=O) groups is 1. The number of nitrogens with zero attached hydrogens (tertiary/aromatic N) is 2. The van der Waals surface area contributed by atoms with E-state index < -0.39 is 0 Å². The molecule has 1 aliphatic rings. The van der Waals surface area contributed by atoms with E-state index in [4.69, 9.17) is 0 Å². The lowest BCUT2D eigenvalue weighted by Gasteiger charge is -2.33. The number of rotatable bonds is 4. The fourth-order valence-electron chi connectivity index (χ4n) is 2.42. The average Bonchev–Trinajstić information content (AvgIpc) is 2.45. The number of pyridine rings is 1. The summed E-state index contributed by atoms with van der Waals surface area (Å²) in [5.74, 6) is 0.661. The van der Waals surface area contributed by atoms with E-state index in [0.29, 0.717) is 5.92 Å². The summed E-state index contributed by atoms with van der Waals surface area (Å²) in [6.07, 6.45) is 5.97. The highest BCUT2D eigenvalue weighted by Crippen LogP contribution is 2.24. The molecule has 0 unspecified atom stereocenters. The summed E-state index contributed by atoms with van der Waals surface area (Å²) in [7, 11) is 1.90. The first kappa shape index (κ1) is 13.6. The van der Waals surface area contributed by atoms with Crippen LogP contribution in [-0.4, -0.2) is 37.6 Å². The number of hydrogen-bond acceptors (Lipinski definition) is 4. The lowest BCUT2D eigenvalue weighted by atomic mass is 9.96. The molecule has 19 heavy (non-hydrogen) atoms. The molecule has 1 fully saturated rings. The fraction of sp³-hybridized carbons (Fsp3) is 0.571. The van der Waals surface area contributed by atoms with Gasteiger partial charge in [0.05, 0.1) is 23.8 Å². The first-order valence-corrected chi connectivity index (χ1v) is 6.81. The fourth-order valence-corrected chi connectivity index (χ4v) is 2.42. The Labute approximate surface area is 114 Å². The molecule has 0 aromatic carbocycles. The van der Waals surface area contributed by atoms with E-state index in [-0.39, 0.29) is 5.91 Å². The van der Waals surface area contributed by atoms with Crippen molar-refractivity contribution in [1.29, 1.82) is 0 Å². The smallest absolute Gasteiger partial charge is 0.216 e. The van der Waals surface area contributed by atoms with E-state index in [0.717, 1.165) is 38.2 Å². The maximum Gasteiger partial charge on any atom is 0.216 e. The SMILES string of the molecule is CNc1cncc(N2CCC(CNC(C)=O)CC2)c1. The standard InChI is InChI=1S/C14H22N4O/c1-11(19)17-8-12-3-5-18(6-4-12)14-7-13(15-2)9-16-10-14/h7,9-10,12,15H,3-6,8H2,1-2H3,(H,17,19). The molecule has 1 amide bonds. The molecule has 0 atom stereocenters. The molecule has 5 heteroatoms. The Morgan fingerprint density at radius 2 is 2.16 bits per heavy atom. The van der Waals surface area contributed by atoms with Crippen LogP contribution in [0.2, 0.25) is 0 Å². The molecule has 0 radical (unpaired) electrons. The van der Waals surface area contributed by atoms with Crippen molar-refractivity contribution in [2.24, 2.45) is 5.92 Å². The van der Waals surface area contributed by atoms with Crippen molar-refractivity contribution in [3.8, 4) is 0 Å². The first-order valence-electron chi connectivity index (χ1n) is 6.81. The zero-order chi connectivity index (χ0) is 13.7. The molecule has 5 nitrogen and oxygen atoms in total. The summed E-state index contributed by atoms with van der Waals surface area (Å²) < 4.78 is 0. The Bertz CT molecular complexity index is 427. The zero-order valence-corrected chi connectivity index (χ0v) is 11.6. The van der Waals surface area contributed by atoms with E-state index in [1.165, 1.54) is 5.69 Å². The predicted octanol–water partition coefficient (Wildman–Crippen LogP) is 1.48. The number of amides is 1. The molecule has 0 spiro atoms. The molecule has 2 N–H and O–H groups in total. The predicted molar refractivity (Wildman–Crippen MR) is 77.4 cm³/mol. The van der Waals surface area contributed by atoms with E-state index in [1.807, 2.05) is 19.4 Å². The largest absolute Gasteiger partial charge is 0.387 e. The third kappa shape index (κ3) is 3.84. The van der Waals surface area contributed by atoms with Gasteiger partial charge in [0.15, 0.2) is 0 Å². The molecular formula is C14H22N4O. The topological polar surface area (TPSA) is 57.3 Å². The second-order valence-electron chi connectivity index (χ2n) is 5.05. The van der Waals surface area contributed by atoms with Gasteiger partial charge in [0.2, 0.25) is 5.91 Å². The van der Waals surface area contributed by atoms with E-state index in [2.05, 4.69) is 26.6 Å². The third-order valence-corrected chi connectivity index (χ3v) is 3.63. The van der Waals surface area contributed by atoms with Crippen molar-refractivity contribution in [2.75, 3.05) is 36.9 Å². The van der Waals surface area contributed by atoms with Crippen molar-refractivity contribution >= 4 is 17.3 Å². The van der Waals surface area contributed by atoms with Gasteiger partial charge in [-0.2, -0.15) is 0 Å². The van der Waals surface area contributed by atoms with Crippen LogP contribution in [0.1, 0.15) is 19.8 Å². The van der Waals surface area contributed by atoms with Crippen LogP contribution in [0.25, 0.3) is 0 Å². The van der Waals surface area contributed by atoms with Gasteiger partial charge in [-0.15, -0.1) is 0 Å². The highest BCUT2D eigenvalue weighted by molar-refractivity contribution is 5.72. The van der Waals surface area contributed by atoms with Gasteiger partial charge in [-0.25, -0.2) is 0 Å². The van der Waals surface area contributed by atoms with Gasteiger partial charge in [-0.05, 0) is 24.8 Å². The van der Waals surface area contributed by atoms with Crippen LogP contribution in [0.15, 0.2) is 18.5 Å². The van der Waals surface area contributed by atoms with Gasteiger partial charge in [-0.3, -0.25) is 9.78 Å². The highest BCUT2D eigenvalue weighted by atomic mass is 16.1. The molecule has 0 bridgehead atoms. The van der Waals surface area contributed by atoms with Gasteiger partial charge < -0.3 is 15.5 Å². The summed E-state index contributed by atoms with van der Waals surface area (Å²) >= 11 is 0. The molecule has 0 saturated carbocycles. The Balaban J connectivity index is 1.87. The van der Waals surface area contributed by atoms with E-state index >= 15 is 0 Å². The molecule has 0 aliphatic carbocycles. The Morgan fingerprint density at radius 3 is 2.79 bits per heavy atom. The van der Waals surface area contributed by atoms with Crippen molar-refractivity contribution in [1.82, 2.24) is 10.3 Å². The maximum absolute atomic E-state index is 10.9. The molecule has 104 valence electrons. The molecule has 1 saturated heterocycles. The number of aromatic nitrogens is 1. The van der Waals surface area contributed by atoms with Gasteiger partial charge in [0, 0.05) is 33.6 Å². The van der Waals surface area contributed by atoms with Crippen LogP contribution < -0.4 is 15.5 Å². The second kappa shape index (κ2) is 6.41. The molecule has 2 heterocycles. The van der Waals surface area contributed by atoms with Crippen molar-refractivity contribution < 1.29 is 4.79 Å². The quantitative estimate of drug-likeness (QED) is 0.863. The second-order valence-corrected chi connectivity index (χ2v) is 5.05.